The van der Waals surface area contributed by atoms with Crippen molar-refractivity contribution in [3.63, 3.8) is 0 Å². The van der Waals surface area contributed by atoms with E-state index in [0.29, 0.717) is 5.82 Å². The molecule has 13 aromatic rings. The molecule has 72 heavy (non-hydrogen) atoms. The highest BCUT2D eigenvalue weighted by Crippen LogP contribution is 2.49. The smallest absolute Gasteiger partial charge is 0.162 e. The maximum Gasteiger partial charge on any atom is 0.162 e. The first-order chi connectivity index (χ1) is 35.2. The second-order valence-corrected chi connectivity index (χ2v) is 20.1. The average molecular weight is 920 g/mol. The zero-order chi connectivity index (χ0) is 47.9. The van der Waals surface area contributed by atoms with Crippen LogP contribution in [0.5, 0.6) is 0 Å². The van der Waals surface area contributed by atoms with Crippen LogP contribution in [0.25, 0.3) is 154 Å². The third-order valence-corrected chi connectivity index (χ3v) is 15.1. The summed E-state index contributed by atoms with van der Waals surface area (Å²) in [6.07, 6.45) is 0. The summed E-state index contributed by atoms with van der Waals surface area (Å²) in [4.78, 5) is 25.5. The second kappa shape index (κ2) is 15.2. The maximum absolute atomic E-state index is 5.87. The predicted molar refractivity (Wildman–Crippen MR) is 303 cm³/mol. The first-order valence-corrected chi connectivity index (χ1v) is 24.8. The summed E-state index contributed by atoms with van der Waals surface area (Å²) in [5.74, 6) is 0.661. The minimum atomic E-state index is 0.661. The lowest BCUT2D eigenvalue weighted by atomic mass is 9.92. The van der Waals surface area contributed by atoms with Gasteiger partial charge in [-0.1, -0.05) is 156 Å². The third kappa shape index (κ3) is 6.23. The highest BCUT2D eigenvalue weighted by Gasteiger charge is 2.28. The van der Waals surface area contributed by atoms with Crippen molar-refractivity contribution in [2.45, 2.75) is 27.7 Å². The molecular formula is C67H45N5. The molecule has 0 saturated heterocycles. The number of aromatic amines is 2. The van der Waals surface area contributed by atoms with Crippen molar-refractivity contribution in [3.8, 4) is 67.4 Å². The van der Waals surface area contributed by atoms with Gasteiger partial charge in [0.2, 0.25) is 0 Å². The molecule has 10 aromatic carbocycles. The molecule has 0 amide bonds. The van der Waals surface area contributed by atoms with Gasteiger partial charge in [0.1, 0.15) is 5.65 Å². The molecule has 2 N–H and O–H groups in total. The van der Waals surface area contributed by atoms with E-state index in [4.69, 9.17) is 15.0 Å². The van der Waals surface area contributed by atoms with E-state index < -0.39 is 0 Å². The monoisotopic (exact) mass is 919 g/mol. The van der Waals surface area contributed by atoms with Crippen molar-refractivity contribution >= 4 is 86.8 Å². The quantitative estimate of drug-likeness (QED) is 0.181. The molecule has 0 saturated carbocycles. The average Bonchev–Trinajstić information content (AvgIpc) is 4.11. The number of nitrogens with zero attached hydrogens (tertiary/aromatic N) is 3. The fraction of sp³-hybridized carbons (Fsp3) is 0.0597. The van der Waals surface area contributed by atoms with Crippen LogP contribution in [0.15, 0.2) is 188 Å². The van der Waals surface area contributed by atoms with Crippen LogP contribution in [0.2, 0.25) is 0 Å². The van der Waals surface area contributed by atoms with E-state index >= 15 is 0 Å². The Kier molecular flexibility index (Phi) is 8.56. The topological polar surface area (TPSA) is 70.2 Å². The van der Waals surface area contributed by atoms with Crippen LogP contribution in [-0.2, 0) is 0 Å². The van der Waals surface area contributed by atoms with E-state index in [0.717, 1.165) is 132 Å². The van der Waals surface area contributed by atoms with Crippen molar-refractivity contribution in [1.82, 2.24) is 24.9 Å². The van der Waals surface area contributed by atoms with E-state index in [1.165, 1.54) is 38.4 Å². The summed E-state index contributed by atoms with van der Waals surface area (Å²) in [7, 11) is 0. The third-order valence-electron chi connectivity index (χ3n) is 15.1. The van der Waals surface area contributed by atoms with Gasteiger partial charge in [0.05, 0.1) is 28.1 Å². The second-order valence-electron chi connectivity index (χ2n) is 20.1. The molecule has 2 aliphatic rings. The van der Waals surface area contributed by atoms with Crippen molar-refractivity contribution < 1.29 is 0 Å². The molecule has 0 unspecified atom stereocenters. The van der Waals surface area contributed by atoms with Crippen molar-refractivity contribution in [1.29, 1.82) is 0 Å². The summed E-state index contributed by atoms with van der Waals surface area (Å²) < 4.78 is 0. The molecular weight excluding hydrogens is 875 g/mol. The largest absolute Gasteiger partial charge is 0.354 e. The van der Waals surface area contributed by atoms with Crippen molar-refractivity contribution in [2.24, 2.45) is 0 Å². The number of H-pyrrole nitrogens is 2. The van der Waals surface area contributed by atoms with Gasteiger partial charge < -0.3 is 9.97 Å². The molecule has 0 spiro atoms. The Morgan fingerprint density at radius 1 is 0.319 bits per heavy atom. The Labute approximate surface area is 415 Å². The van der Waals surface area contributed by atoms with Crippen LogP contribution >= 0.6 is 0 Å². The van der Waals surface area contributed by atoms with Crippen molar-refractivity contribution in [3.05, 3.63) is 210 Å². The first-order valence-electron chi connectivity index (χ1n) is 24.8. The molecule has 3 aromatic heterocycles. The summed E-state index contributed by atoms with van der Waals surface area (Å²) in [5.41, 5.74) is 19.6. The Balaban J connectivity index is 1.24. The van der Waals surface area contributed by atoms with Gasteiger partial charge in [-0.15, -0.1) is 0 Å². The number of nitrogens with one attached hydrogen (secondary N) is 2. The number of hydrogen-bond donors (Lipinski definition) is 2. The van der Waals surface area contributed by atoms with Gasteiger partial charge >= 0.3 is 0 Å². The highest BCUT2D eigenvalue weighted by atomic mass is 15.0. The Hall–Kier alpha value is -9.19. The van der Waals surface area contributed by atoms with E-state index in [-0.39, 0.29) is 0 Å². The standard InChI is InChI=1S/C67H45N5/c1-36-21-37(2)24-48(23-36)60-62-52-29-42-15-7-5-13-40(42)27-50(52)58(68-62)35-59-51-28-41-14-6-8-16-43(41)30-53(51)63(69-59)61(49-25-38(3)22-39(4)26-49)65-55-32-45-18-10-12-20-47(45)34-57(55)67(71-65)72-66-56-33-46-19-11-9-17-44(46)31-54(56)64(60)70-66/h5-35,68H,1-4H3,(H,70,71,72). The molecule has 15 rings (SSSR count). The zero-order valence-corrected chi connectivity index (χ0v) is 40.2. The van der Waals surface area contributed by atoms with Gasteiger partial charge in [0, 0.05) is 60.4 Å². The van der Waals surface area contributed by atoms with Gasteiger partial charge in [-0.25, -0.2) is 15.0 Å². The summed E-state index contributed by atoms with van der Waals surface area (Å²) in [6.45, 7) is 8.74. The molecule has 0 fully saturated rings. The number of benzene rings is 10. The number of fused-ring (bicyclic) bond motifs is 24. The molecule has 0 atom stereocenters. The summed E-state index contributed by atoms with van der Waals surface area (Å²) >= 11 is 0. The van der Waals surface area contributed by atoms with Crippen molar-refractivity contribution in [2.75, 3.05) is 0 Å². The highest BCUT2D eigenvalue weighted by molar-refractivity contribution is 6.20. The normalized spacial score (nSPS) is 12.2. The van der Waals surface area contributed by atoms with E-state index in [1.54, 1.807) is 0 Å². The molecule has 5 heteroatoms. The Bertz CT molecular complexity index is 4400. The minimum absolute atomic E-state index is 0.661. The van der Waals surface area contributed by atoms with Gasteiger partial charge in [0.15, 0.2) is 5.82 Å². The van der Waals surface area contributed by atoms with Gasteiger partial charge in [-0.05, 0) is 137 Å². The Morgan fingerprint density at radius 2 is 0.708 bits per heavy atom. The SMILES string of the molecule is Cc1cc(C)cc(-c2c3nc(nc4[nH]c(c(-c5cc(C)cc(C)c5)c5nc(cc6[nH]c2c2cc7ccccc7cc62)-c2cc6ccccc6cc2-5)c2cc5ccccc5cc42)-c2cc4ccccc4cc2-3)c1. The molecule has 5 nitrogen and oxygen atoms in total. The fourth-order valence-electron chi connectivity index (χ4n) is 12.0. The lowest BCUT2D eigenvalue weighted by Crippen LogP contribution is -1.89. The number of aryl methyl sites for hydroxylation is 4. The molecule has 0 aliphatic carbocycles. The predicted octanol–water partition coefficient (Wildman–Crippen LogP) is 17.9. The molecule has 0 radical (unpaired) electrons. The van der Waals surface area contributed by atoms with E-state index in [9.17, 15) is 0 Å². The molecule has 5 heterocycles. The summed E-state index contributed by atoms with van der Waals surface area (Å²) in [5, 5.41) is 13.6. The lowest BCUT2D eigenvalue weighted by Gasteiger charge is -2.11. The van der Waals surface area contributed by atoms with Crippen LogP contribution < -0.4 is 0 Å². The minimum Gasteiger partial charge on any atom is -0.354 e. The van der Waals surface area contributed by atoms with E-state index in [1.807, 2.05) is 0 Å². The van der Waals surface area contributed by atoms with Crippen LogP contribution in [0.3, 0.4) is 0 Å². The van der Waals surface area contributed by atoms with Crippen LogP contribution in [0, 0.1) is 27.7 Å². The Morgan fingerprint density at radius 3 is 1.22 bits per heavy atom. The van der Waals surface area contributed by atoms with E-state index in [2.05, 4.69) is 226 Å². The summed E-state index contributed by atoms with van der Waals surface area (Å²) in [6, 6.07) is 69.2. The number of hydrogen-bond acceptors (Lipinski definition) is 3. The molecule has 338 valence electrons. The van der Waals surface area contributed by atoms with Crippen LogP contribution in [0.1, 0.15) is 22.3 Å². The van der Waals surface area contributed by atoms with Gasteiger partial charge in [0.25, 0.3) is 0 Å². The number of rotatable bonds is 2. The molecule has 2 aliphatic heterocycles. The van der Waals surface area contributed by atoms with Crippen LogP contribution in [0.4, 0.5) is 0 Å². The maximum atomic E-state index is 5.87. The first kappa shape index (κ1) is 40.7. The molecule has 8 bridgehead atoms. The van der Waals surface area contributed by atoms with Gasteiger partial charge in [-0.3, -0.25) is 0 Å². The van der Waals surface area contributed by atoms with Gasteiger partial charge in [-0.2, -0.15) is 0 Å². The fourth-order valence-corrected chi connectivity index (χ4v) is 12.0. The van der Waals surface area contributed by atoms with Crippen LogP contribution in [-0.4, -0.2) is 24.9 Å². The number of aromatic nitrogens is 5. The lowest BCUT2D eigenvalue weighted by molar-refractivity contribution is 1.27. The zero-order valence-electron chi connectivity index (χ0n) is 40.2.